The highest BCUT2D eigenvalue weighted by atomic mass is 16.6. The van der Waals surface area contributed by atoms with Crippen LogP contribution in [0, 0.1) is 0 Å². The Morgan fingerprint density at radius 3 is 0.894 bits per heavy atom. The van der Waals surface area contributed by atoms with E-state index in [-0.39, 0.29) is 19.6 Å². The molecule has 0 aromatic rings. The van der Waals surface area contributed by atoms with E-state index >= 15 is 0 Å². The number of hydrogen-bond acceptors (Lipinski definition) is 15. The minimum atomic E-state index is -1.13. The van der Waals surface area contributed by atoms with E-state index < -0.39 is 24.5 Å². The van der Waals surface area contributed by atoms with Gasteiger partial charge in [-0.15, -0.1) is 0 Å². The van der Waals surface area contributed by atoms with Gasteiger partial charge in [-0.2, -0.15) is 0 Å². The van der Waals surface area contributed by atoms with Crippen molar-refractivity contribution in [2.24, 2.45) is 0 Å². The number of carboxylic acid groups (broad SMARTS) is 2. The molecule has 0 aliphatic rings. The average Bonchev–Trinajstić information content (AvgIpc) is 3.04. The lowest BCUT2D eigenvalue weighted by Gasteiger charge is -2.09. The standard InChI is InChI=1S/C29H55NO17/c31-27(25-47-26-29(34)35)30-2-4-37-6-8-39-10-12-41-14-16-43-18-20-45-22-24-46-23-21-44-19-17-42-15-13-40-11-9-38-7-5-36-3-1-28(32)33/h1-26H2,(H,30,31)(H,32,33)(H,34,35). The quantitative estimate of drug-likeness (QED) is 0.0649. The molecular formula is C29H55NO17. The molecule has 0 aromatic carbocycles. The van der Waals surface area contributed by atoms with Gasteiger partial charge in [-0.05, 0) is 0 Å². The van der Waals surface area contributed by atoms with Crippen molar-refractivity contribution in [1.29, 1.82) is 0 Å². The van der Waals surface area contributed by atoms with Crippen molar-refractivity contribution < 1.29 is 81.4 Å². The molecule has 3 N–H and O–H groups in total. The molecule has 278 valence electrons. The van der Waals surface area contributed by atoms with Crippen LogP contribution in [-0.4, -0.2) is 193 Å². The number of rotatable bonds is 40. The molecule has 1 amide bonds. The van der Waals surface area contributed by atoms with Gasteiger partial charge in [0.25, 0.3) is 0 Å². The summed E-state index contributed by atoms with van der Waals surface area (Å²) >= 11 is 0. The fourth-order valence-electron chi connectivity index (χ4n) is 3.01. The molecule has 47 heavy (non-hydrogen) atoms. The fourth-order valence-corrected chi connectivity index (χ4v) is 3.01. The van der Waals surface area contributed by atoms with Crippen LogP contribution in [0.1, 0.15) is 6.42 Å². The normalized spacial score (nSPS) is 11.2. The molecule has 0 fully saturated rings. The Hall–Kier alpha value is -2.07. The molecule has 0 aliphatic carbocycles. The summed E-state index contributed by atoms with van der Waals surface area (Å²) in [5.74, 6) is -2.41. The van der Waals surface area contributed by atoms with Crippen molar-refractivity contribution in [3.05, 3.63) is 0 Å². The maximum atomic E-state index is 11.3. The molecule has 0 heterocycles. The minimum absolute atomic E-state index is 0.0108. The summed E-state index contributed by atoms with van der Waals surface area (Å²) in [6.45, 7) is 8.79. The predicted molar refractivity (Wildman–Crippen MR) is 163 cm³/mol. The van der Waals surface area contributed by atoms with Crippen LogP contribution in [0.2, 0.25) is 0 Å². The number of carboxylic acids is 2. The summed E-state index contributed by atoms with van der Waals surface area (Å²) < 4.78 is 63.7. The largest absolute Gasteiger partial charge is 0.481 e. The maximum Gasteiger partial charge on any atom is 0.329 e. The van der Waals surface area contributed by atoms with Crippen LogP contribution in [0.5, 0.6) is 0 Å². The third kappa shape index (κ3) is 41.9. The first-order chi connectivity index (χ1) is 23.0. The predicted octanol–water partition coefficient (Wildman–Crippen LogP) is -1.14. The third-order valence-electron chi connectivity index (χ3n) is 5.21. The molecular weight excluding hydrogens is 634 g/mol. The van der Waals surface area contributed by atoms with Gasteiger partial charge in [0.05, 0.1) is 152 Å². The van der Waals surface area contributed by atoms with Crippen LogP contribution in [0.15, 0.2) is 0 Å². The molecule has 0 unspecified atom stereocenters. The number of aliphatic carboxylic acids is 2. The van der Waals surface area contributed by atoms with Crippen LogP contribution in [0.3, 0.4) is 0 Å². The first-order valence-corrected chi connectivity index (χ1v) is 15.7. The molecule has 0 bridgehead atoms. The van der Waals surface area contributed by atoms with Crippen molar-refractivity contribution in [3.8, 4) is 0 Å². The van der Waals surface area contributed by atoms with Gasteiger partial charge in [0.2, 0.25) is 5.91 Å². The van der Waals surface area contributed by atoms with Crippen LogP contribution in [0.4, 0.5) is 0 Å². The molecule has 18 nitrogen and oxygen atoms in total. The number of nitrogens with one attached hydrogen (secondary N) is 1. The van der Waals surface area contributed by atoms with Crippen LogP contribution >= 0.6 is 0 Å². The molecule has 18 heteroatoms. The first kappa shape index (κ1) is 44.9. The fraction of sp³-hybridized carbons (Fsp3) is 0.897. The Morgan fingerprint density at radius 1 is 0.340 bits per heavy atom. The number of ether oxygens (including phenoxy) is 12. The molecule has 0 aromatic heterocycles. The lowest BCUT2D eigenvalue weighted by Crippen LogP contribution is -2.31. The van der Waals surface area contributed by atoms with Crippen LogP contribution < -0.4 is 5.32 Å². The van der Waals surface area contributed by atoms with Crippen molar-refractivity contribution in [2.75, 3.05) is 165 Å². The lowest BCUT2D eigenvalue weighted by molar-refractivity contribution is -0.143. The van der Waals surface area contributed by atoms with Gasteiger partial charge >= 0.3 is 11.9 Å². The molecule has 0 saturated heterocycles. The SMILES string of the molecule is O=C(O)CCOCCOCCOCCOCCOCCOCCOCCOCCOCCOCCOCCNC(=O)COCC(=O)O. The summed E-state index contributed by atoms with van der Waals surface area (Å²) in [4.78, 5) is 32.0. The number of carbonyl (C=O) groups excluding carboxylic acids is 1. The van der Waals surface area contributed by atoms with Crippen molar-refractivity contribution in [1.82, 2.24) is 5.32 Å². The monoisotopic (exact) mass is 689 g/mol. The highest BCUT2D eigenvalue weighted by Crippen LogP contribution is 1.88. The van der Waals surface area contributed by atoms with Gasteiger partial charge in [-0.25, -0.2) is 4.79 Å². The summed E-state index contributed by atoms with van der Waals surface area (Å²) in [5.41, 5.74) is 0. The number of carbonyl (C=O) groups is 3. The summed E-state index contributed by atoms with van der Waals surface area (Å²) in [6, 6.07) is 0. The van der Waals surface area contributed by atoms with Gasteiger partial charge in [-0.1, -0.05) is 0 Å². The zero-order valence-corrected chi connectivity index (χ0v) is 27.4. The number of amides is 1. The van der Waals surface area contributed by atoms with E-state index in [1.165, 1.54) is 0 Å². The lowest BCUT2D eigenvalue weighted by atomic mass is 10.5. The average molecular weight is 690 g/mol. The smallest absolute Gasteiger partial charge is 0.329 e. The topological polar surface area (TPSA) is 214 Å². The third-order valence-corrected chi connectivity index (χ3v) is 5.21. The molecule has 0 spiro atoms. The second kappa shape index (κ2) is 38.4. The van der Waals surface area contributed by atoms with Gasteiger partial charge in [0, 0.05) is 6.54 Å². The van der Waals surface area contributed by atoms with Crippen molar-refractivity contribution in [3.63, 3.8) is 0 Å². The van der Waals surface area contributed by atoms with E-state index in [0.29, 0.717) is 145 Å². The minimum Gasteiger partial charge on any atom is -0.481 e. The van der Waals surface area contributed by atoms with E-state index in [1.54, 1.807) is 0 Å². The zero-order valence-electron chi connectivity index (χ0n) is 27.4. The van der Waals surface area contributed by atoms with E-state index in [9.17, 15) is 14.4 Å². The second-order valence-corrected chi connectivity index (χ2v) is 9.12. The van der Waals surface area contributed by atoms with Gasteiger partial charge < -0.3 is 72.4 Å². The van der Waals surface area contributed by atoms with E-state index in [2.05, 4.69) is 10.1 Å². The van der Waals surface area contributed by atoms with Gasteiger partial charge in [0.15, 0.2) is 0 Å². The Kier molecular flexibility index (Phi) is 36.7. The molecule has 0 aliphatic heterocycles. The van der Waals surface area contributed by atoms with E-state index in [0.717, 1.165) is 0 Å². The van der Waals surface area contributed by atoms with Crippen molar-refractivity contribution in [2.45, 2.75) is 6.42 Å². The molecule has 0 saturated carbocycles. The highest BCUT2D eigenvalue weighted by molar-refractivity contribution is 5.77. The van der Waals surface area contributed by atoms with Crippen LogP contribution in [0.25, 0.3) is 0 Å². The van der Waals surface area contributed by atoms with Gasteiger partial charge in [0.1, 0.15) is 13.2 Å². The van der Waals surface area contributed by atoms with Gasteiger partial charge in [-0.3, -0.25) is 9.59 Å². The molecule has 0 rings (SSSR count). The Labute approximate surface area is 276 Å². The zero-order chi connectivity index (χ0) is 34.3. The highest BCUT2D eigenvalue weighted by Gasteiger charge is 2.03. The Morgan fingerprint density at radius 2 is 0.617 bits per heavy atom. The Bertz CT molecular complexity index is 704. The van der Waals surface area contributed by atoms with Crippen molar-refractivity contribution >= 4 is 17.8 Å². The maximum absolute atomic E-state index is 11.3. The summed E-state index contributed by atoms with van der Waals surface area (Å²) in [5, 5.41) is 19.4. The second-order valence-electron chi connectivity index (χ2n) is 9.12. The first-order valence-electron chi connectivity index (χ1n) is 15.7. The number of hydrogen-bond donors (Lipinski definition) is 3. The molecule has 0 atom stereocenters. The van der Waals surface area contributed by atoms with E-state index in [1.807, 2.05) is 0 Å². The summed E-state index contributed by atoms with van der Waals surface area (Å²) in [6.07, 6.45) is -0.0108. The van der Waals surface area contributed by atoms with Crippen LogP contribution in [-0.2, 0) is 71.2 Å². The Balaban J connectivity index is 3.09. The van der Waals surface area contributed by atoms with E-state index in [4.69, 9.17) is 62.3 Å². The molecule has 0 radical (unpaired) electrons. The summed E-state index contributed by atoms with van der Waals surface area (Å²) in [7, 11) is 0.